The van der Waals surface area contributed by atoms with Crippen LogP contribution in [-0.4, -0.2) is 42.7 Å². The number of fused-ring (bicyclic) bond motifs is 1. The molecule has 3 aromatic heterocycles. The zero-order chi connectivity index (χ0) is 22.6. The molecule has 0 amide bonds. The van der Waals surface area contributed by atoms with Gasteiger partial charge < -0.3 is 21.1 Å². The Hall–Kier alpha value is -2.36. The summed E-state index contributed by atoms with van der Waals surface area (Å²) < 4.78 is 0. The number of aliphatic hydroxyl groups is 1. The van der Waals surface area contributed by atoms with Gasteiger partial charge in [0.25, 0.3) is 0 Å². The number of anilines is 3. The maximum Gasteiger partial charge on any atom is 0.225 e. The van der Waals surface area contributed by atoms with Gasteiger partial charge in [0.15, 0.2) is 5.13 Å². The van der Waals surface area contributed by atoms with E-state index < -0.39 is 0 Å². The summed E-state index contributed by atoms with van der Waals surface area (Å²) >= 11 is 1.51. The summed E-state index contributed by atoms with van der Waals surface area (Å²) in [6.45, 7) is 7.30. The molecule has 3 aromatic rings. The van der Waals surface area contributed by atoms with E-state index in [0.29, 0.717) is 18.3 Å². The zero-order valence-electron chi connectivity index (χ0n) is 19.1. The van der Waals surface area contributed by atoms with E-state index in [-0.39, 0.29) is 17.7 Å². The lowest BCUT2D eigenvalue weighted by atomic mass is 9.93. The van der Waals surface area contributed by atoms with Crippen LogP contribution in [0.25, 0.3) is 10.3 Å². The van der Waals surface area contributed by atoms with Crippen molar-refractivity contribution in [1.29, 1.82) is 0 Å². The maximum atomic E-state index is 9.81. The fourth-order valence-corrected chi connectivity index (χ4v) is 4.91. The number of aromatic nitrogens is 4. The lowest BCUT2D eigenvalue weighted by Crippen LogP contribution is -2.38. The second-order valence-electron chi connectivity index (χ2n) is 9.18. The molecule has 1 aliphatic carbocycles. The topological polar surface area (TPSA) is 108 Å². The Kier molecular flexibility index (Phi) is 7.17. The normalized spacial score (nSPS) is 19.2. The molecule has 1 saturated carbocycles. The molecule has 0 radical (unpaired) electrons. The number of rotatable bonds is 9. The van der Waals surface area contributed by atoms with Gasteiger partial charge in [-0.3, -0.25) is 0 Å². The molecule has 9 heteroatoms. The number of nitrogens with zero attached hydrogens (tertiary/aromatic N) is 4. The molecular weight excluding hydrogens is 422 g/mol. The molecule has 4 rings (SSSR count). The summed E-state index contributed by atoms with van der Waals surface area (Å²) in [6.07, 6.45) is 7.28. The minimum Gasteiger partial charge on any atom is -0.393 e. The molecule has 32 heavy (non-hydrogen) atoms. The van der Waals surface area contributed by atoms with Crippen LogP contribution >= 0.6 is 11.3 Å². The lowest BCUT2D eigenvalue weighted by Gasteiger charge is -2.27. The third kappa shape index (κ3) is 6.11. The van der Waals surface area contributed by atoms with E-state index in [1.165, 1.54) is 11.3 Å². The lowest BCUT2D eigenvalue weighted by molar-refractivity contribution is 0.126. The van der Waals surface area contributed by atoms with Crippen molar-refractivity contribution in [3.8, 4) is 0 Å². The minimum atomic E-state index is -0.185. The molecule has 0 aromatic carbocycles. The molecule has 0 atom stereocenters. The van der Waals surface area contributed by atoms with Crippen LogP contribution < -0.4 is 16.0 Å². The first-order valence-electron chi connectivity index (χ1n) is 11.5. The van der Waals surface area contributed by atoms with Crippen molar-refractivity contribution >= 4 is 38.6 Å². The summed E-state index contributed by atoms with van der Waals surface area (Å²) in [4.78, 5) is 19.4. The van der Waals surface area contributed by atoms with Crippen molar-refractivity contribution in [1.82, 2.24) is 25.3 Å². The van der Waals surface area contributed by atoms with Gasteiger partial charge in [-0.15, -0.1) is 0 Å². The molecule has 8 nitrogen and oxygen atoms in total. The smallest absolute Gasteiger partial charge is 0.225 e. The molecular formula is C23H33N7OS. The summed E-state index contributed by atoms with van der Waals surface area (Å²) in [6, 6.07) is 6.10. The number of aliphatic hydroxyl groups excluding tert-OH is 1. The van der Waals surface area contributed by atoms with Gasteiger partial charge in [-0.2, -0.15) is 4.98 Å². The number of thiazole rings is 1. The van der Waals surface area contributed by atoms with Crippen molar-refractivity contribution in [3.05, 3.63) is 30.1 Å². The second-order valence-corrected chi connectivity index (χ2v) is 10.2. The Morgan fingerprint density at radius 2 is 1.97 bits per heavy atom. The second kappa shape index (κ2) is 10.1. The molecule has 0 saturated heterocycles. The molecule has 172 valence electrons. The zero-order valence-corrected chi connectivity index (χ0v) is 19.9. The van der Waals surface area contributed by atoms with E-state index in [4.69, 9.17) is 9.97 Å². The standard InChI is InChI=1S/C23H33N7OS/c1-4-11-23(2,3)25-14-16-13-19(30-22-28-18-6-5-12-24-20(18)32-22)29-21(27-16)26-15-7-9-17(31)10-8-15/h5-6,12-13,15,17,25,31H,4,7-11,14H2,1-3H3,(H2,26,27,28,29,30). The van der Waals surface area contributed by atoms with Crippen LogP contribution in [0.2, 0.25) is 0 Å². The molecule has 1 aliphatic rings. The van der Waals surface area contributed by atoms with Gasteiger partial charge in [0.1, 0.15) is 16.2 Å². The van der Waals surface area contributed by atoms with Gasteiger partial charge in [-0.05, 0) is 58.1 Å². The van der Waals surface area contributed by atoms with Crippen LogP contribution in [0, 0.1) is 0 Å². The highest BCUT2D eigenvalue weighted by Gasteiger charge is 2.21. The van der Waals surface area contributed by atoms with Gasteiger partial charge in [0, 0.05) is 30.4 Å². The monoisotopic (exact) mass is 455 g/mol. The third-order valence-corrected chi connectivity index (χ3v) is 6.73. The van der Waals surface area contributed by atoms with Crippen LogP contribution in [0.1, 0.15) is 65.0 Å². The van der Waals surface area contributed by atoms with Gasteiger partial charge in [0.05, 0.1) is 11.8 Å². The van der Waals surface area contributed by atoms with E-state index in [2.05, 4.69) is 46.7 Å². The van der Waals surface area contributed by atoms with Crippen LogP contribution in [0.5, 0.6) is 0 Å². The van der Waals surface area contributed by atoms with E-state index in [0.717, 1.165) is 59.7 Å². The van der Waals surface area contributed by atoms with Crippen molar-refractivity contribution in [2.45, 2.75) is 83.5 Å². The Balaban J connectivity index is 1.54. The van der Waals surface area contributed by atoms with Gasteiger partial charge >= 0.3 is 0 Å². The Morgan fingerprint density at radius 1 is 1.16 bits per heavy atom. The molecule has 4 N–H and O–H groups in total. The largest absolute Gasteiger partial charge is 0.393 e. The maximum absolute atomic E-state index is 9.81. The Morgan fingerprint density at radius 3 is 2.72 bits per heavy atom. The first-order chi connectivity index (χ1) is 15.4. The third-order valence-electron chi connectivity index (χ3n) is 5.83. The van der Waals surface area contributed by atoms with E-state index in [1.807, 2.05) is 18.2 Å². The van der Waals surface area contributed by atoms with Crippen molar-refractivity contribution in [2.24, 2.45) is 0 Å². The molecule has 0 spiro atoms. The number of hydrogen-bond donors (Lipinski definition) is 4. The van der Waals surface area contributed by atoms with Crippen LogP contribution in [0.15, 0.2) is 24.4 Å². The molecule has 1 fully saturated rings. The highest BCUT2D eigenvalue weighted by molar-refractivity contribution is 7.21. The molecule has 0 bridgehead atoms. The van der Waals surface area contributed by atoms with Crippen LogP contribution in [0.4, 0.5) is 16.9 Å². The van der Waals surface area contributed by atoms with Crippen molar-refractivity contribution in [3.63, 3.8) is 0 Å². The average Bonchev–Trinajstić information content (AvgIpc) is 3.16. The summed E-state index contributed by atoms with van der Waals surface area (Å²) in [5, 5.41) is 21.0. The molecule has 3 heterocycles. The molecule has 0 aliphatic heterocycles. The summed E-state index contributed by atoms with van der Waals surface area (Å²) in [5.74, 6) is 1.32. The number of pyridine rings is 1. The predicted molar refractivity (Wildman–Crippen MR) is 130 cm³/mol. The quantitative estimate of drug-likeness (QED) is 0.370. The Labute approximate surface area is 193 Å². The first kappa shape index (κ1) is 22.8. The van der Waals surface area contributed by atoms with E-state index >= 15 is 0 Å². The highest BCUT2D eigenvalue weighted by atomic mass is 32.1. The van der Waals surface area contributed by atoms with Gasteiger partial charge in [-0.1, -0.05) is 24.7 Å². The average molecular weight is 456 g/mol. The highest BCUT2D eigenvalue weighted by Crippen LogP contribution is 2.27. The summed E-state index contributed by atoms with van der Waals surface area (Å²) in [7, 11) is 0. The van der Waals surface area contributed by atoms with Crippen LogP contribution in [-0.2, 0) is 6.54 Å². The Bertz CT molecular complexity index is 997. The first-order valence-corrected chi connectivity index (χ1v) is 12.3. The summed E-state index contributed by atoms with van der Waals surface area (Å²) in [5.41, 5.74) is 1.83. The van der Waals surface area contributed by atoms with Crippen molar-refractivity contribution in [2.75, 3.05) is 10.6 Å². The van der Waals surface area contributed by atoms with E-state index in [9.17, 15) is 5.11 Å². The van der Waals surface area contributed by atoms with E-state index in [1.54, 1.807) is 6.20 Å². The fourth-order valence-electron chi connectivity index (χ4n) is 4.10. The number of hydrogen-bond acceptors (Lipinski definition) is 9. The fraction of sp³-hybridized carbons (Fsp3) is 0.565. The molecule has 0 unspecified atom stereocenters. The SMILES string of the molecule is CCCC(C)(C)NCc1cc(Nc2nc3cccnc3s2)nc(NC2CCC(O)CC2)n1. The van der Waals surface area contributed by atoms with Gasteiger partial charge in [-0.25, -0.2) is 15.0 Å². The van der Waals surface area contributed by atoms with Gasteiger partial charge in [0.2, 0.25) is 5.95 Å². The van der Waals surface area contributed by atoms with Crippen molar-refractivity contribution < 1.29 is 5.11 Å². The number of nitrogens with one attached hydrogen (secondary N) is 3. The minimum absolute atomic E-state index is 0.0408. The predicted octanol–water partition coefficient (Wildman–Crippen LogP) is 4.61. The van der Waals surface area contributed by atoms with Crippen LogP contribution in [0.3, 0.4) is 0 Å².